The maximum atomic E-state index is 13.3. The van der Waals surface area contributed by atoms with E-state index < -0.39 is 6.10 Å². The predicted octanol–water partition coefficient (Wildman–Crippen LogP) is 2.22. The molecule has 1 saturated heterocycles. The van der Waals surface area contributed by atoms with Gasteiger partial charge in [0.15, 0.2) is 0 Å². The number of aliphatic hydroxyl groups excluding tert-OH is 1. The van der Waals surface area contributed by atoms with Crippen molar-refractivity contribution in [1.29, 1.82) is 0 Å². The number of likely N-dealkylation sites (tertiary alicyclic amines) is 1. The first-order valence-electron chi connectivity index (χ1n) is 7.65. The van der Waals surface area contributed by atoms with E-state index in [2.05, 4.69) is 0 Å². The molecule has 3 rings (SSSR count). The number of hydrogen-bond acceptors (Lipinski definition) is 3. The third kappa shape index (κ3) is 2.99. The molecule has 0 spiro atoms. The third-order valence-electron chi connectivity index (χ3n) is 4.39. The molecule has 0 bridgehead atoms. The van der Waals surface area contributed by atoms with Crippen LogP contribution in [0.3, 0.4) is 0 Å². The normalized spacial score (nSPS) is 22.4. The first-order chi connectivity index (χ1) is 10.5. The van der Waals surface area contributed by atoms with Crippen LogP contribution < -0.4 is 4.74 Å². The van der Waals surface area contributed by atoms with Crippen molar-refractivity contribution in [1.82, 2.24) is 4.90 Å². The molecule has 2 atom stereocenters. The molecule has 2 heterocycles. The lowest BCUT2D eigenvalue weighted by Gasteiger charge is -2.35. The Bertz CT molecular complexity index is 612. The van der Waals surface area contributed by atoms with Crippen molar-refractivity contribution in [2.75, 3.05) is 19.7 Å². The fourth-order valence-electron chi connectivity index (χ4n) is 3.06. The van der Waals surface area contributed by atoms with Gasteiger partial charge in [-0.1, -0.05) is 0 Å². The molecule has 118 valence electrons. The van der Waals surface area contributed by atoms with Gasteiger partial charge in [0, 0.05) is 24.6 Å². The molecule has 0 aliphatic carbocycles. The lowest BCUT2D eigenvalue weighted by molar-refractivity contribution is -0.130. The number of ether oxygens (including phenoxy) is 1. The molecule has 0 saturated carbocycles. The summed E-state index contributed by atoms with van der Waals surface area (Å²) in [6.45, 7) is 3.22. The number of carbonyl (C=O) groups excluding carboxylic acids is 1. The van der Waals surface area contributed by atoms with Crippen LogP contribution in [0.25, 0.3) is 6.08 Å². The molecule has 2 unspecified atom stereocenters. The maximum Gasteiger partial charge on any atom is 0.253 e. The number of amides is 1. The van der Waals surface area contributed by atoms with E-state index in [9.17, 15) is 14.3 Å². The van der Waals surface area contributed by atoms with Crippen molar-refractivity contribution in [3.05, 3.63) is 35.2 Å². The van der Waals surface area contributed by atoms with Gasteiger partial charge in [-0.15, -0.1) is 0 Å². The first kappa shape index (κ1) is 15.0. The van der Waals surface area contributed by atoms with E-state index in [0.29, 0.717) is 30.0 Å². The molecule has 1 aromatic rings. The third-order valence-corrected chi connectivity index (χ3v) is 4.39. The summed E-state index contributed by atoms with van der Waals surface area (Å²) in [6, 6.07) is 4.29. The number of fused-ring (bicyclic) bond motifs is 1. The van der Waals surface area contributed by atoms with Crippen molar-refractivity contribution >= 4 is 12.0 Å². The van der Waals surface area contributed by atoms with Gasteiger partial charge in [-0.2, -0.15) is 0 Å². The second-order valence-corrected chi connectivity index (χ2v) is 6.03. The molecule has 22 heavy (non-hydrogen) atoms. The molecular weight excluding hydrogens is 285 g/mol. The Morgan fingerprint density at radius 3 is 3.09 bits per heavy atom. The summed E-state index contributed by atoms with van der Waals surface area (Å²) >= 11 is 0. The molecule has 0 radical (unpaired) electrons. The standard InChI is InChI=1S/C17H20FNO3/c1-11(20)12-3-2-6-19(9-12)17(21)14-7-13-8-15(18)4-5-16(13)22-10-14/h4-5,7-8,11-12,20H,2-3,6,9-10H2,1H3. The average molecular weight is 305 g/mol. The molecule has 1 amide bonds. The Morgan fingerprint density at radius 1 is 1.50 bits per heavy atom. The molecular formula is C17H20FNO3. The highest BCUT2D eigenvalue weighted by atomic mass is 19.1. The lowest BCUT2D eigenvalue weighted by atomic mass is 9.93. The Labute approximate surface area is 129 Å². The summed E-state index contributed by atoms with van der Waals surface area (Å²) in [4.78, 5) is 14.4. The van der Waals surface area contributed by atoms with Crippen LogP contribution in [0.5, 0.6) is 5.75 Å². The van der Waals surface area contributed by atoms with Gasteiger partial charge in [0.2, 0.25) is 0 Å². The zero-order chi connectivity index (χ0) is 15.7. The van der Waals surface area contributed by atoms with Crippen LogP contribution in [0.15, 0.2) is 23.8 Å². The molecule has 2 aliphatic rings. The Balaban J connectivity index is 1.78. The van der Waals surface area contributed by atoms with E-state index in [0.717, 1.165) is 12.8 Å². The summed E-state index contributed by atoms with van der Waals surface area (Å²) in [5.41, 5.74) is 1.13. The zero-order valence-corrected chi connectivity index (χ0v) is 12.6. The smallest absolute Gasteiger partial charge is 0.253 e. The second-order valence-electron chi connectivity index (χ2n) is 6.03. The minimum atomic E-state index is -0.415. The number of nitrogens with zero attached hydrogens (tertiary/aromatic N) is 1. The minimum absolute atomic E-state index is 0.0831. The average Bonchev–Trinajstić information content (AvgIpc) is 2.53. The summed E-state index contributed by atoms with van der Waals surface area (Å²) in [5, 5.41) is 9.73. The van der Waals surface area contributed by atoms with E-state index in [1.807, 2.05) is 0 Å². The zero-order valence-electron chi connectivity index (χ0n) is 12.6. The lowest BCUT2D eigenvalue weighted by Crippen LogP contribution is -2.44. The quantitative estimate of drug-likeness (QED) is 0.911. The number of halogens is 1. The summed E-state index contributed by atoms with van der Waals surface area (Å²) < 4.78 is 18.9. The predicted molar refractivity (Wildman–Crippen MR) is 80.9 cm³/mol. The number of aliphatic hydroxyl groups is 1. The highest BCUT2D eigenvalue weighted by Crippen LogP contribution is 2.28. The van der Waals surface area contributed by atoms with Crippen LogP contribution in [0.1, 0.15) is 25.3 Å². The van der Waals surface area contributed by atoms with E-state index in [1.54, 1.807) is 24.0 Å². The Kier molecular flexibility index (Phi) is 4.16. The van der Waals surface area contributed by atoms with Gasteiger partial charge in [-0.25, -0.2) is 4.39 Å². The molecule has 1 aromatic carbocycles. The number of hydrogen-bond donors (Lipinski definition) is 1. The van der Waals surface area contributed by atoms with Gasteiger partial charge in [0.25, 0.3) is 5.91 Å². The van der Waals surface area contributed by atoms with Crippen molar-refractivity contribution in [2.45, 2.75) is 25.9 Å². The molecule has 5 heteroatoms. The van der Waals surface area contributed by atoms with Crippen molar-refractivity contribution in [3.63, 3.8) is 0 Å². The van der Waals surface area contributed by atoms with E-state index in [1.165, 1.54) is 12.1 Å². The largest absolute Gasteiger partial charge is 0.488 e. The summed E-state index contributed by atoms with van der Waals surface area (Å²) in [6.07, 6.45) is 3.11. The van der Waals surface area contributed by atoms with Gasteiger partial charge in [-0.05, 0) is 44.0 Å². The highest BCUT2D eigenvalue weighted by Gasteiger charge is 2.29. The molecule has 4 nitrogen and oxygen atoms in total. The van der Waals surface area contributed by atoms with E-state index in [-0.39, 0.29) is 24.2 Å². The van der Waals surface area contributed by atoms with Crippen LogP contribution >= 0.6 is 0 Å². The van der Waals surface area contributed by atoms with Crippen molar-refractivity contribution in [2.24, 2.45) is 5.92 Å². The van der Waals surface area contributed by atoms with Gasteiger partial charge in [0.05, 0.1) is 11.7 Å². The first-order valence-corrected chi connectivity index (χ1v) is 7.65. The Morgan fingerprint density at radius 2 is 2.32 bits per heavy atom. The van der Waals surface area contributed by atoms with Crippen LogP contribution in [0.4, 0.5) is 4.39 Å². The topological polar surface area (TPSA) is 49.8 Å². The van der Waals surface area contributed by atoms with E-state index in [4.69, 9.17) is 4.74 Å². The molecule has 1 N–H and O–H groups in total. The van der Waals surface area contributed by atoms with Gasteiger partial charge >= 0.3 is 0 Å². The van der Waals surface area contributed by atoms with Gasteiger partial charge in [0.1, 0.15) is 18.2 Å². The highest BCUT2D eigenvalue weighted by molar-refractivity contribution is 5.99. The summed E-state index contributed by atoms with van der Waals surface area (Å²) in [5.74, 6) is 0.283. The SMILES string of the molecule is CC(O)C1CCCN(C(=O)C2=Cc3cc(F)ccc3OC2)C1. The number of carbonyl (C=O) groups is 1. The fourth-order valence-corrected chi connectivity index (χ4v) is 3.06. The van der Waals surface area contributed by atoms with Crippen molar-refractivity contribution < 1.29 is 19.0 Å². The molecule has 2 aliphatic heterocycles. The van der Waals surface area contributed by atoms with Crippen LogP contribution in [0.2, 0.25) is 0 Å². The molecule has 1 fully saturated rings. The van der Waals surface area contributed by atoms with E-state index >= 15 is 0 Å². The van der Waals surface area contributed by atoms with Gasteiger partial charge in [-0.3, -0.25) is 4.79 Å². The number of rotatable bonds is 2. The monoisotopic (exact) mass is 305 g/mol. The fraction of sp³-hybridized carbons (Fsp3) is 0.471. The second kappa shape index (κ2) is 6.08. The Hall–Kier alpha value is -1.88. The molecule has 0 aromatic heterocycles. The van der Waals surface area contributed by atoms with Crippen molar-refractivity contribution in [3.8, 4) is 5.75 Å². The maximum absolute atomic E-state index is 13.3. The number of piperidine rings is 1. The van der Waals surface area contributed by atoms with Gasteiger partial charge < -0.3 is 14.7 Å². The number of benzene rings is 1. The minimum Gasteiger partial charge on any atom is -0.488 e. The van der Waals surface area contributed by atoms with Crippen LogP contribution in [0, 0.1) is 11.7 Å². The van der Waals surface area contributed by atoms with Crippen LogP contribution in [-0.4, -0.2) is 41.7 Å². The summed E-state index contributed by atoms with van der Waals surface area (Å²) in [7, 11) is 0. The van der Waals surface area contributed by atoms with Crippen LogP contribution in [-0.2, 0) is 4.79 Å².